The van der Waals surface area contributed by atoms with E-state index < -0.39 is 0 Å². The number of rotatable bonds is 2. The minimum Gasteiger partial charge on any atom is -0.507 e. The summed E-state index contributed by atoms with van der Waals surface area (Å²) in [5.74, 6) is 2.44. The average Bonchev–Trinajstić information content (AvgIpc) is 3.29. The third-order valence-corrected chi connectivity index (χ3v) is 6.28. The van der Waals surface area contributed by atoms with Gasteiger partial charge >= 0.3 is 0 Å². The molecule has 1 aromatic heterocycles. The van der Waals surface area contributed by atoms with Crippen LogP contribution >= 0.6 is 0 Å². The highest BCUT2D eigenvalue weighted by Gasteiger charge is 2.39. The Balaban J connectivity index is 1.47. The first-order chi connectivity index (χ1) is 13.1. The molecule has 1 N–H and O–H groups in total. The molecule has 142 valence electrons. The zero-order valence-corrected chi connectivity index (χ0v) is 15.9. The van der Waals surface area contributed by atoms with Crippen LogP contribution in [0.4, 0.5) is 5.95 Å². The van der Waals surface area contributed by atoms with Gasteiger partial charge in [0.25, 0.3) is 0 Å². The summed E-state index contributed by atoms with van der Waals surface area (Å²) >= 11 is 0. The molecule has 0 spiro atoms. The highest BCUT2D eigenvalue weighted by atomic mass is 16.5. The molecule has 2 atom stereocenters. The van der Waals surface area contributed by atoms with Crippen molar-refractivity contribution in [1.29, 1.82) is 0 Å². The van der Waals surface area contributed by atoms with Crippen LogP contribution in [-0.4, -0.2) is 64.5 Å². The Morgan fingerprint density at radius 3 is 2.89 bits per heavy atom. The lowest BCUT2D eigenvalue weighted by atomic mass is 9.92. The van der Waals surface area contributed by atoms with Crippen LogP contribution in [0.25, 0.3) is 11.3 Å². The molecule has 2 aromatic rings. The van der Waals surface area contributed by atoms with E-state index in [9.17, 15) is 5.11 Å². The predicted octanol–water partition coefficient (Wildman–Crippen LogP) is 2.02. The maximum Gasteiger partial charge on any atom is 0.245 e. The van der Waals surface area contributed by atoms with Crippen molar-refractivity contribution in [2.24, 2.45) is 5.92 Å². The molecule has 5 rings (SSSR count). The number of anilines is 1. The van der Waals surface area contributed by atoms with E-state index in [0.717, 1.165) is 42.4 Å². The fourth-order valence-corrected chi connectivity index (χ4v) is 4.76. The fraction of sp³-hybridized carbons (Fsp3) is 0.550. The van der Waals surface area contributed by atoms with Gasteiger partial charge in [0.1, 0.15) is 17.2 Å². The molecule has 4 heterocycles. The summed E-state index contributed by atoms with van der Waals surface area (Å²) in [5.41, 5.74) is 2.97. The molecule has 0 saturated carbocycles. The molecule has 7 nitrogen and oxygen atoms in total. The maximum atomic E-state index is 10.7. The second kappa shape index (κ2) is 6.34. The minimum atomic E-state index is 0.243. The average molecular weight is 367 g/mol. The molecule has 3 aliphatic rings. The third kappa shape index (κ3) is 2.72. The Hall–Kier alpha value is -2.41. The number of hydrogen-bond acceptors (Lipinski definition) is 7. The highest BCUT2D eigenvalue weighted by molar-refractivity contribution is 5.72. The van der Waals surface area contributed by atoms with Crippen LogP contribution in [0.2, 0.25) is 0 Å². The van der Waals surface area contributed by atoms with Crippen molar-refractivity contribution in [3.05, 3.63) is 23.4 Å². The number of hydrogen-bond donors (Lipinski definition) is 1. The fourth-order valence-electron chi connectivity index (χ4n) is 4.76. The molecule has 0 bridgehead atoms. The van der Waals surface area contributed by atoms with Crippen LogP contribution in [0.5, 0.6) is 11.5 Å². The van der Waals surface area contributed by atoms with Gasteiger partial charge in [-0.15, -0.1) is 10.2 Å². The Kier molecular flexibility index (Phi) is 3.93. The Bertz CT molecular complexity index is 887. The molecule has 0 unspecified atom stereocenters. The van der Waals surface area contributed by atoms with Crippen LogP contribution in [0, 0.1) is 12.8 Å². The van der Waals surface area contributed by atoms with Gasteiger partial charge < -0.3 is 19.6 Å². The standard InChI is InChI=1S/C20H25N5O2/c1-12-18(15-3-4-17-14(19(15)26)7-10-27-17)22-23-20(21-12)25-9-6-13-5-8-24(2)11-16(13)25/h3-4,13,16,26H,5-11H2,1-2H3/t13-,16-/m0/s1. The van der Waals surface area contributed by atoms with Gasteiger partial charge in [0.15, 0.2) is 0 Å². The molecule has 2 saturated heterocycles. The lowest BCUT2D eigenvalue weighted by Gasteiger charge is -2.36. The van der Waals surface area contributed by atoms with E-state index in [-0.39, 0.29) is 5.75 Å². The molecule has 0 amide bonds. The first-order valence-electron chi connectivity index (χ1n) is 9.76. The monoisotopic (exact) mass is 367 g/mol. The first kappa shape index (κ1) is 16.7. The van der Waals surface area contributed by atoms with Gasteiger partial charge in [0.2, 0.25) is 5.95 Å². The van der Waals surface area contributed by atoms with Gasteiger partial charge in [-0.25, -0.2) is 4.98 Å². The van der Waals surface area contributed by atoms with Gasteiger partial charge in [-0.1, -0.05) is 0 Å². The number of phenols is 1. The number of benzene rings is 1. The van der Waals surface area contributed by atoms with E-state index in [4.69, 9.17) is 9.72 Å². The van der Waals surface area contributed by atoms with Crippen LogP contribution < -0.4 is 9.64 Å². The number of nitrogens with zero attached hydrogens (tertiary/aromatic N) is 5. The zero-order valence-electron chi connectivity index (χ0n) is 15.9. The SMILES string of the molecule is Cc1nc(N2CC[C@@H]3CCN(C)C[C@@H]32)nnc1-c1ccc2c(c1O)CCO2. The summed E-state index contributed by atoms with van der Waals surface area (Å²) in [5, 5.41) is 19.6. The summed E-state index contributed by atoms with van der Waals surface area (Å²) in [4.78, 5) is 9.48. The second-order valence-electron chi connectivity index (χ2n) is 7.94. The minimum absolute atomic E-state index is 0.243. The van der Waals surface area contributed by atoms with E-state index in [2.05, 4.69) is 27.0 Å². The van der Waals surface area contributed by atoms with Crippen molar-refractivity contribution in [2.45, 2.75) is 32.2 Å². The molecular formula is C20H25N5O2. The maximum absolute atomic E-state index is 10.7. The van der Waals surface area contributed by atoms with Gasteiger partial charge in [0, 0.05) is 36.7 Å². The quantitative estimate of drug-likeness (QED) is 0.870. The van der Waals surface area contributed by atoms with E-state index in [0.29, 0.717) is 29.9 Å². The van der Waals surface area contributed by atoms with E-state index >= 15 is 0 Å². The topological polar surface area (TPSA) is 74.6 Å². The number of aromatic hydroxyl groups is 1. The number of piperidine rings is 1. The second-order valence-corrected chi connectivity index (χ2v) is 7.94. The molecule has 27 heavy (non-hydrogen) atoms. The molecular weight excluding hydrogens is 342 g/mol. The van der Waals surface area contributed by atoms with Crippen molar-refractivity contribution in [2.75, 3.05) is 38.2 Å². The molecule has 3 aliphatic heterocycles. The van der Waals surface area contributed by atoms with Crippen LogP contribution in [0.3, 0.4) is 0 Å². The Labute approximate surface area is 159 Å². The van der Waals surface area contributed by atoms with E-state index in [1.54, 1.807) is 0 Å². The summed E-state index contributed by atoms with van der Waals surface area (Å²) < 4.78 is 5.52. The van der Waals surface area contributed by atoms with E-state index in [1.807, 2.05) is 19.1 Å². The molecule has 2 fully saturated rings. The smallest absolute Gasteiger partial charge is 0.245 e. The van der Waals surface area contributed by atoms with Crippen molar-refractivity contribution in [3.8, 4) is 22.8 Å². The van der Waals surface area contributed by atoms with Crippen molar-refractivity contribution in [1.82, 2.24) is 20.1 Å². The number of likely N-dealkylation sites (tertiary alicyclic amines) is 1. The molecule has 7 heteroatoms. The summed E-state index contributed by atoms with van der Waals surface area (Å²) in [6.45, 7) is 5.77. The van der Waals surface area contributed by atoms with Crippen LogP contribution in [0.1, 0.15) is 24.1 Å². The summed E-state index contributed by atoms with van der Waals surface area (Å²) in [7, 11) is 2.18. The summed E-state index contributed by atoms with van der Waals surface area (Å²) in [6.07, 6.45) is 3.17. The molecule has 0 aliphatic carbocycles. The normalized spacial score (nSPS) is 24.6. The summed E-state index contributed by atoms with van der Waals surface area (Å²) in [6, 6.07) is 4.22. The van der Waals surface area contributed by atoms with Crippen LogP contribution in [0.15, 0.2) is 12.1 Å². The van der Waals surface area contributed by atoms with Gasteiger partial charge in [-0.3, -0.25) is 0 Å². The van der Waals surface area contributed by atoms with Crippen molar-refractivity contribution >= 4 is 5.95 Å². The highest BCUT2D eigenvalue weighted by Crippen LogP contribution is 2.40. The van der Waals surface area contributed by atoms with Crippen LogP contribution in [-0.2, 0) is 6.42 Å². The zero-order chi connectivity index (χ0) is 18.5. The number of ether oxygens (including phenoxy) is 1. The number of aryl methyl sites for hydroxylation is 1. The van der Waals surface area contributed by atoms with Gasteiger partial charge in [0.05, 0.1) is 12.3 Å². The van der Waals surface area contributed by atoms with Gasteiger partial charge in [-0.05, 0) is 51.4 Å². The van der Waals surface area contributed by atoms with Crippen molar-refractivity contribution in [3.63, 3.8) is 0 Å². The molecule has 1 aromatic carbocycles. The first-order valence-corrected chi connectivity index (χ1v) is 9.76. The van der Waals surface area contributed by atoms with E-state index in [1.165, 1.54) is 19.4 Å². The Morgan fingerprint density at radius 1 is 1.19 bits per heavy atom. The molecule has 0 radical (unpaired) electrons. The lowest BCUT2D eigenvalue weighted by molar-refractivity contribution is 0.207. The lowest BCUT2D eigenvalue weighted by Crippen LogP contribution is -2.47. The third-order valence-electron chi connectivity index (χ3n) is 6.28. The Morgan fingerprint density at radius 2 is 2.04 bits per heavy atom. The van der Waals surface area contributed by atoms with Crippen molar-refractivity contribution < 1.29 is 9.84 Å². The van der Waals surface area contributed by atoms with Gasteiger partial charge in [-0.2, -0.15) is 0 Å². The number of fused-ring (bicyclic) bond motifs is 2. The number of likely N-dealkylation sites (N-methyl/N-ethyl adjacent to an activating group) is 1. The predicted molar refractivity (Wildman–Crippen MR) is 102 cm³/mol. The number of aromatic nitrogens is 3. The largest absolute Gasteiger partial charge is 0.507 e. The number of phenolic OH excluding ortho intramolecular Hbond substituents is 1.